The summed E-state index contributed by atoms with van der Waals surface area (Å²) in [5.74, 6) is -0.137. The lowest BCUT2D eigenvalue weighted by Gasteiger charge is -2.06. The molecule has 2 aromatic carbocycles. The predicted molar refractivity (Wildman–Crippen MR) is 98.2 cm³/mol. The molecule has 0 fully saturated rings. The van der Waals surface area contributed by atoms with Gasteiger partial charge in [-0.3, -0.25) is 9.36 Å². The fourth-order valence-electron chi connectivity index (χ4n) is 2.73. The van der Waals surface area contributed by atoms with Crippen molar-refractivity contribution in [2.24, 2.45) is 0 Å². The number of benzene rings is 2. The molecule has 6 heteroatoms. The number of oxazole rings is 1. The number of pyridine rings is 1. The molecule has 0 saturated carbocycles. The molecule has 26 heavy (non-hydrogen) atoms. The first-order valence-corrected chi connectivity index (χ1v) is 8.10. The van der Waals surface area contributed by atoms with Crippen LogP contribution in [-0.4, -0.2) is 15.5 Å². The van der Waals surface area contributed by atoms with Gasteiger partial charge in [-0.1, -0.05) is 30.3 Å². The lowest BCUT2D eigenvalue weighted by Crippen LogP contribution is -2.15. The number of nitrogens with zero attached hydrogens (tertiary/aromatic N) is 2. The Morgan fingerprint density at radius 2 is 1.77 bits per heavy atom. The molecule has 1 N–H and O–H groups in total. The van der Waals surface area contributed by atoms with Crippen molar-refractivity contribution < 1.29 is 9.21 Å². The van der Waals surface area contributed by atoms with Gasteiger partial charge in [0, 0.05) is 11.8 Å². The Morgan fingerprint density at radius 3 is 2.54 bits per heavy atom. The predicted octanol–water partition coefficient (Wildman–Crippen LogP) is 3.29. The molecule has 0 bridgehead atoms. The first-order valence-electron chi connectivity index (χ1n) is 8.10. The Labute approximate surface area is 148 Å². The summed E-state index contributed by atoms with van der Waals surface area (Å²) in [5, 5.41) is 2.74. The van der Waals surface area contributed by atoms with E-state index in [1.807, 2.05) is 30.3 Å². The average Bonchev–Trinajstić information content (AvgIpc) is 2.98. The highest BCUT2D eigenvalue weighted by atomic mass is 16.4. The molecule has 0 radical (unpaired) electrons. The van der Waals surface area contributed by atoms with Crippen molar-refractivity contribution >= 4 is 22.8 Å². The van der Waals surface area contributed by atoms with E-state index in [2.05, 4.69) is 10.3 Å². The van der Waals surface area contributed by atoms with Crippen LogP contribution in [0.25, 0.3) is 11.1 Å². The minimum Gasteiger partial charge on any atom is -0.408 e. The van der Waals surface area contributed by atoms with Crippen LogP contribution in [0, 0.1) is 0 Å². The largest absolute Gasteiger partial charge is 0.420 e. The second-order valence-corrected chi connectivity index (χ2v) is 5.79. The Morgan fingerprint density at radius 1 is 1.00 bits per heavy atom. The van der Waals surface area contributed by atoms with Crippen LogP contribution >= 0.6 is 0 Å². The number of carbonyl (C=O) groups is 1. The summed E-state index contributed by atoms with van der Waals surface area (Å²) in [6, 6.07) is 19.7. The zero-order chi connectivity index (χ0) is 17.9. The molecular formula is C20H15N3O3. The molecule has 0 aliphatic heterocycles. The highest BCUT2D eigenvalue weighted by Crippen LogP contribution is 2.14. The first kappa shape index (κ1) is 15.8. The van der Waals surface area contributed by atoms with E-state index in [1.54, 1.807) is 47.2 Å². The van der Waals surface area contributed by atoms with Gasteiger partial charge in [0.1, 0.15) is 5.82 Å². The van der Waals surface area contributed by atoms with E-state index in [-0.39, 0.29) is 5.91 Å². The van der Waals surface area contributed by atoms with Crippen molar-refractivity contribution in [2.45, 2.75) is 6.54 Å². The average molecular weight is 345 g/mol. The maximum atomic E-state index is 12.2. The summed E-state index contributed by atoms with van der Waals surface area (Å²) in [6.45, 7) is 0.373. The van der Waals surface area contributed by atoms with Crippen LogP contribution in [-0.2, 0) is 6.54 Å². The highest BCUT2D eigenvalue weighted by Gasteiger charge is 2.10. The van der Waals surface area contributed by atoms with Gasteiger partial charge in [-0.15, -0.1) is 0 Å². The van der Waals surface area contributed by atoms with Gasteiger partial charge in [-0.05, 0) is 42.0 Å². The zero-order valence-corrected chi connectivity index (χ0v) is 13.8. The lowest BCUT2D eigenvalue weighted by atomic mass is 10.1. The van der Waals surface area contributed by atoms with Gasteiger partial charge in [-0.2, -0.15) is 0 Å². The molecule has 2 heterocycles. The van der Waals surface area contributed by atoms with E-state index in [4.69, 9.17) is 4.42 Å². The molecular weight excluding hydrogens is 330 g/mol. The number of nitrogens with one attached hydrogen (secondary N) is 1. The minimum absolute atomic E-state index is 0.235. The fourth-order valence-corrected chi connectivity index (χ4v) is 2.73. The van der Waals surface area contributed by atoms with Crippen LogP contribution in [0.4, 0.5) is 5.82 Å². The standard InChI is InChI=1S/C20H15N3O3/c24-19(22-18-7-3-4-12-21-18)15-10-8-14(9-11-15)13-23-16-5-1-2-6-17(16)26-20(23)25/h1-12H,13H2,(H,21,22,24). The highest BCUT2D eigenvalue weighted by molar-refractivity contribution is 6.03. The third kappa shape index (κ3) is 3.12. The number of aromatic nitrogens is 2. The second-order valence-electron chi connectivity index (χ2n) is 5.79. The summed E-state index contributed by atoms with van der Waals surface area (Å²) in [5.41, 5.74) is 2.72. The van der Waals surface area contributed by atoms with Crippen LogP contribution in [0.2, 0.25) is 0 Å². The van der Waals surface area contributed by atoms with Crippen LogP contribution in [0.3, 0.4) is 0 Å². The van der Waals surface area contributed by atoms with E-state index in [0.29, 0.717) is 23.5 Å². The maximum absolute atomic E-state index is 12.2. The summed E-state index contributed by atoms with van der Waals surface area (Å²) < 4.78 is 6.80. The smallest absolute Gasteiger partial charge is 0.408 e. The Hall–Kier alpha value is -3.67. The molecule has 0 unspecified atom stereocenters. The Bertz CT molecular complexity index is 1110. The van der Waals surface area contributed by atoms with E-state index < -0.39 is 5.76 Å². The molecule has 0 saturated heterocycles. The van der Waals surface area contributed by atoms with E-state index in [1.165, 1.54) is 0 Å². The van der Waals surface area contributed by atoms with Crippen LogP contribution in [0.5, 0.6) is 0 Å². The van der Waals surface area contributed by atoms with Crippen LogP contribution < -0.4 is 11.1 Å². The first-order chi connectivity index (χ1) is 12.7. The Kier molecular flexibility index (Phi) is 4.07. The molecule has 4 rings (SSSR count). The number of carbonyl (C=O) groups excluding carboxylic acids is 1. The van der Waals surface area contributed by atoms with E-state index >= 15 is 0 Å². The number of fused-ring (bicyclic) bond motifs is 1. The van der Waals surface area contributed by atoms with E-state index in [9.17, 15) is 9.59 Å². The Balaban J connectivity index is 1.53. The molecule has 0 spiro atoms. The summed E-state index contributed by atoms with van der Waals surface area (Å²) in [6.07, 6.45) is 1.62. The number of hydrogen-bond acceptors (Lipinski definition) is 4. The van der Waals surface area contributed by atoms with Gasteiger partial charge < -0.3 is 9.73 Å². The lowest BCUT2D eigenvalue weighted by molar-refractivity contribution is 0.102. The molecule has 0 aliphatic carbocycles. The van der Waals surface area contributed by atoms with Gasteiger partial charge >= 0.3 is 5.76 Å². The number of anilines is 1. The normalized spacial score (nSPS) is 10.8. The van der Waals surface area contributed by atoms with E-state index in [0.717, 1.165) is 11.1 Å². The molecule has 128 valence electrons. The molecule has 0 aliphatic rings. The van der Waals surface area contributed by atoms with Crippen molar-refractivity contribution in [1.29, 1.82) is 0 Å². The molecule has 1 amide bonds. The van der Waals surface area contributed by atoms with Gasteiger partial charge in [-0.25, -0.2) is 9.78 Å². The van der Waals surface area contributed by atoms with Crippen LogP contribution in [0.15, 0.2) is 82.1 Å². The van der Waals surface area contributed by atoms with Gasteiger partial charge in [0.25, 0.3) is 5.91 Å². The monoisotopic (exact) mass is 345 g/mol. The molecule has 4 aromatic rings. The second kappa shape index (κ2) is 6.68. The summed E-state index contributed by atoms with van der Waals surface area (Å²) >= 11 is 0. The van der Waals surface area contributed by atoms with Gasteiger partial charge in [0.2, 0.25) is 0 Å². The van der Waals surface area contributed by atoms with Crippen molar-refractivity contribution in [2.75, 3.05) is 5.32 Å². The quantitative estimate of drug-likeness (QED) is 0.616. The van der Waals surface area contributed by atoms with Gasteiger partial charge in [0.15, 0.2) is 5.58 Å². The number of rotatable bonds is 4. The van der Waals surface area contributed by atoms with Crippen LogP contribution in [0.1, 0.15) is 15.9 Å². The third-order valence-electron chi connectivity index (χ3n) is 4.04. The molecule has 2 aromatic heterocycles. The number of amides is 1. The summed E-state index contributed by atoms with van der Waals surface area (Å²) in [7, 11) is 0. The number of para-hydroxylation sites is 2. The molecule has 6 nitrogen and oxygen atoms in total. The third-order valence-corrected chi connectivity index (χ3v) is 4.04. The maximum Gasteiger partial charge on any atom is 0.420 e. The van der Waals surface area contributed by atoms with Gasteiger partial charge in [0.05, 0.1) is 12.1 Å². The van der Waals surface area contributed by atoms with Crippen molar-refractivity contribution in [3.63, 3.8) is 0 Å². The fraction of sp³-hybridized carbons (Fsp3) is 0.0500. The van der Waals surface area contributed by atoms with Crippen molar-refractivity contribution in [3.8, 4) is 0 Å². The number of hydrogen-bond donors (Lipinski definition) is 1. The topological polar surface area (TPSA) is 77.1 Å². The van der Waals surface area contributed by atoms with Crippen molar-refractivity contribution in [3.05, 3.63) is 94.6 Å². The zero-order valence-electron chi connectivity index (χ0n) is 13.8. The summed E-state index contributed by atoms with van der Waals surface area (Å²) in [4.78, 5) is 28.4. The molecule has 0 atom stereocenters. The van der Waals surface area contributed by atoms with Crippen molar-refractivity contribution in [1.82, 2.24) is 9.55 Å². The SMILES string of the molecule is O=C(Nc1ccccn1)c1ccc(Cn2c(=O)oc3ccccc32)cc1. The minimum atomic E-state index is -0.400.